The summed E-state index contributed by atoms with van der Waals surface area (Å²) < 4.78 is 39.2. The highest BCUT2D eigenvalue weighted by molar-refractivity contribution is 6.30. The zero-order chi connectivity index (χ0) is 18.2. The summed E-state index contributed by atoms with van der Waals surface area (Å²) in [7, 11) is 0. The van der Waals surface area contributed by atoms with Gasteiger partial charge in [-0.2, -0.15) is 18.3 Å². The summed E-state index contributed by atoms with van der Waals surface area (Å²) in [5.41, 5.74) is 6.04. The number of nitrogens with two attached hydrogens (primary N) is 1. The van der Waals surface area contributed by atoms with Crippen LogP contribution in [0.1, 0.15) is 5.56 Å². The van der Waals surface area contributed by atoms with E-state index in [1.165, 1.54) is 16.8 Å². The van der Waals surface area contributed by atoms with Gasteiger partial charge in [-0.05, 0) is 41.6 Å². The lowest BCUT2D eigenvalue weighted by Crippen LogP contribution is -2.06. The Kier molecular flexibility index (Phi) is 4.22. The number of alkyl halides is 3. The lowest BCUT2D eigenvalue weighted by Gasteiger charge is -2.08. The molecule has 0 aliphatic heterocycles. The van der Waals surface area contributed by atoms with Gasteiger partial charge in [0.25, 0.3) is 0 Å². The molecule has 0 saturated heterocycles. The van der Waals surface area contributed by atoms with Gasteiger partial charge in [-0.3, -0.25) is 0 Å². The van der Waals surface area contributed by atoms with E-state index in [9.17, 15) is 18.1 Å². The number of nitrogens with zero attached hydrogens (tertiary/aromatic N) is 3. The molecule has 0 radical (unpaired) electrons. The predicted octanol–water partition coefficient (Wildman–Crippen LogP) is 5.19. The molecular formula is C16H10ClF3N4O. The summed E-state index contributed by atoms with van der Waals surface area (Å²) in [6.45, 7) is 0. The molecule has 0 atom stereocenters. The molecule has 0 spiro atoms. The maximum Gasteiger partial charge on any atom is 0.416 e. The van der Waals surface area contributed by atoms with Crippen molar-refractivity contribution in [3.05, 3.63) is 64.0 Å². The fraction of sp³-hybridized carbons (Fsp3) is 0.0625. The van der Waals surface area contributed by atoms with Crippen LogP contribution in [0.3, 0.4) is 0 Å². The standard InChI is InChI=1S/C16H10ClF3N4O/c17-11-5-1-9(2-6-11)13-14(23-25)15(21)24(22-13)12-7-3-10(4-8-12)16(18,19)20/h1-8H,21H2. The van der Waals surface area contributed by atoms with Gasteiger partial charge in [0.05, 0.1) is 11.3 Å². The quantitative estimate of drug-likeness (QED) is 0.648. The molecule has 3 rings (SSSR count). The third kappa shape index (κ3) is 3.20. The third-order valence-electron chi connectivity index (χ3n) is 3.54. The summed E-state index contributed by atoms with van der Waals surface area (Å²) in [6.07, 6.45) is -4.45. The average Bonchev–Trinajstić information content (AvgIpc) is 2.91. The summed E-state index contributed by atoms with van der Waals surface area (Å²) in [5.74, 6) is -0.0697. The van der Waals surface area contributed by atoms with Crippen LogP contribution in [0.15, 0.2) is 53.7 Å². The minimum absolute atomic E-state index is 0.0697. The normalized spacial score (nSPS) is 11.5. The number of hydrogen-bond acceptors (Lipinski definition) is 4. The summed E-state index contributed by atoms with van der Waals surface area (Å²) in [6, 6.07) is 10.7. The van der Waals surface area contributed by atoms with Gasteiger partial charge < -0.3 is 5.73 Å². The van der Waals surface area contributed by atoms with Gasteiger partial charge >= 0.3 is 6.18 Å². The van der Waals surface area contributed by atoms with Crippen molar-refractivity contribution in [2.45, 2.75) is 6.18 Å². The molecule has 1 aromatic heterocycles. The molecule has 0 amide bonds. The monoisotopic (exact) mass is 366 g/mol. The van der Waals surface area contributed by atoms with Crippen LogP contribution in [0.25, 0.3) is 16.9 Å². The zero-order valence-corrected chi connectivity index (χ0v) is 13.2. The topological polar surface area (TPSA) is 73.3 Å². The maximum absolute atomic E-state index is 12.7. The van der Waals surface area contributed by atoms with Crippen molar-refractivity contribution in [3.63, 3.8) is 0 Å². The highest BCUT2D eigenvalue weighted by Gasteiger charge is 2.30. The van der Waals surface area contributed by atoms with Crippen molar-refractivity contribution < 1.29 is 13.2 Å². The maximum atomic E-state index is 12.7. The number of benzene rings is 2. The van der Waals surface area contributed by atoms with E-state index < -0.39 is 11.7 Å². The molecule has 25 heavy (non-hydrogen) atoms. The number of hydrogen-bond donors (Lipinski definition) is 1. The molecule has 2 N–H and O–H groups in total. The van der Waals surface area contributed by atoms with Gasteiger partial charge in [0.2, 0.25) is 0 Å². The second kappa shape index (κ2) is 6.21. The molecule has 0 unspecified atom stereocenters. The molecule has 9 heteroatoms. The zero-order valence-electron chi connectivity index (χ0n) is 12.5. The SMILES string of the molecule is Nc1c(N=O)c(-c2ccc(Cl)cc2)nn1-c1ccc(C(F)(F)F)cc1. The molecule has 1 heterocycles. The molecule has 0 saturated carbocycles. The van der Waals surface area contributed by atoms with Crippen LogP contribution in [-0.2, 0) is 6.18 Å². The fourth-order valence-electron chi connectivity index (χ4n) is 2.30. The van der Waals surface area contributed by atoms with Gasteiger partial charge in [-0.15, -0.1) is 4.91 Å². The van der Waals surface area contributed by atoms with Crippen LogP contribution in [0.5, 0.6) is 0 Å². The highest BCUT2D eigenvalue weighted by Crippen LogP contribution is 2.37. The van der Waals surface area contributed by atoms with Crippen LogP contribution >= 0.6 is 11.6 Å². The van der Waals surface area contributed by atoms with E-state index in [0.717, 1.165) is 12.1 Å². The van der Waals surface area contributed by atoms with Crippen LogP contribution in [0.4, 0.5) is 24.7 Å². The minimum Gasteiger partial charge on any atom is -0.382 e. The van der Waals surface area contributed by atoms with Crippen molar-refractivity contribution >= 4 is 23.1 Å². The molecule has 0 bridgehead atoms. The first-order chi connectivity index (χ1) is 11.8. The molecule has 2 aromatic carbocycles. The first-order valence-electron chi connectivity index (χ1n) is 6.96. The lowest BCUT2D eigenvalue weighted by molar-refractivity contribution is -0.137. The average molecular weight is 367 g/mol. The number of rotatable bonds is 3. The van der Waals surface area contributed by atoms with Crippen molar-refractivity contribution in [1.29, 1.82) is 0 Å². The number of nitrogen functional groups attached to an aromatic ring is 1. The van der Waals surface area contributed by atoms with Crippen molar-refractivity contribution in [2.24, 2.45) is 5.18 Å². The Bertz CT molecular complexity index is 918. The van der Waals surface area contributed by atoms with E-state index in [-0.39, 0.29) is 22.9 Å². The molecule has 5 nitrogen and oxygen atoms in total. The number of nitroso groups, excluding NO2 is 1. The minimum atomic E-state index is -4.45. The summed E-state index contributed by atoms with van der Waals surface area (Å²) >= 11 is 5.83. The van der Waals surface area contributed by atoms with Gasteiger partial charge in [-0.25, -0.2) is 4.68 Å². The van der Waals surface area contributed by atoms with Gasteiger partial charge in [0.15, 0.2) is 11.5 Å². The summed E-state index contributed by atoms with van der Waals surface area (Å²) in [4.78, 5) is 11.2. The lowest BCUT2D eigenvalue weighted by atomic mass is 10.1. The Morgan fingerprint density at radius 3 is 2.16 bits per heavy atom. The molecular weight excluding hydrogens is 357 g/mol. The molecule has 3 aromatic rings. The van der Waals surface area contributed by atoms with Crippen molar-refractivity contribution in [3.8, 4) is 16.9 Å². The van der Waals surface area contributed by atoms with Gasteiger partial charge in [0, 0.05) is 10.6 Å². The van der Waals surface area contributed by atoms with Gasteiger partial charge in [-0.1, -0.05) is 23.7 Å². The molecule has 0 fully saturated rings. The van der Waals surface area contributed by atoms with E-state index in [1.807, 2.05) is 0 Å². The molecule has 128 valence electrons. The Morgan fingerprint density at radius 2 is 1.64 bits per heavy atom. The first-order valence-corrected chi connectivity index (χ1v) is 7.34. The Hall–Kier alpha value is -2.87. The number of aromatic nitrogens is 2. The van der Waals surface area contributed by atoms with Crippen LogP contribution in [-0.4, -0.2) is 9.78 Å². The van der Waals surface area contributed by atoms with Crippen LogP contribution in [0, 0.1) is 4.91 Å². The predicted molar refractivity (Wildman–Crippen MR) is 88.9 cm³/mol. The van der Waals surface area contributed by atoms with Crippen molar-refractivity contribution in [1.82, 2.24) is 9.78 Å². The van der Waals surface area contributed by atoms with E-state index in [4.69, 9.17) is 17.3 Å². The van der Waals surface area contributed by atoms with Crippen LogP contribution in [0.2, 0.25) is 5.02 Å². The first kappa shape index (κ1) is 17.0. The summed E-state index contributed by atoms with van der Waals surface area (Å²) in [5, 5.41) is 7.62. The fourth-order valence-corrected chi connectivity index (χ4v) is 2.43. The van der Waals surface area contributed by atoms with Crippen LogP contribution < -0.4 is 5.73 Å². The largest absolute Gasteiger partial charge is 0.416 e. The molecule has 0 aliphatic rings. The Balaban J connectivity index is 2.09. The second-order valence-electron chi connectivity index (χ2n) is 5.14. The Morgan fingerprint density at radius 1 is 1.04 bits per heavy atom. The number of halogens is 4. The smallest absolute Gasteiger partial charge is 0.382 e. The third-order valence-corrected chi connectivity index (χ3v) is 3.80. The Labute approximate surface area is 144 Å². The van der Waals surface area contributed by atoms with E-state index >= 15 is 0 Å². The van der Waals surface area contributed by atoms with E-state index in [1.54, 1.807) is 24.3 Å². The van der Waals surface area contributed by atoms with E-state index in [0.29, 0.717) is 10.6 Å². The highest BCUT2D eigenvalue weighted by atomic mass is 35.5. The van der Waals surface area contributed by atoms with E-state index in [2.05, 4.69) is 10.3 Å². The van der Waals surface area contributed by atoms with Gasteiger partial charge in [0.1, 0.15) is 5.69 Å². The number of anilines is 1. The second-order valence-corrected chi connectivity index (χ2v) is 5.57. The van der Waals surface area contributed by atoms with Crippen molar-refractivity contribution in [2.75, 3.05) is 5.73 Å². The molecule has 0 aliphatic carbocycles.